The molecule has 132 valence electrons. The van der Waals surface area contributed by atoms with Crippen LogP contribution in [0.25, 0.3) is 0 Å². The minimum Gasteiger partial charge on any atom is -0.870 e. The molecular formula is C18H38N2O2. The van der Waals surface area contributed by atoms with E-state index >= 15 is 0 Å². The van der Waals surface area contributed by atoms with Crippen molar-refractivity contribution in [3.05, 3.63) is 0 Å². The maximum atomic E-state index is 2.51. The lowest BCUT2D eigenvalue weighted by atomic mass is 9.81. The molecule has 4 heteroatoms. The monoisotopic (exact) mass is 314 g/mol. The van der Waals surface area contributed by atoms with Crippen LogP contribution in [0.3, 0.4) is 0 Å². The second-order valence-corrected chi connectivity index (χ2v) is 8.80. The summed E-state index contributed by atoms with van der Waals surface area (Å²) >= 11 is 0. The SMILES string of the molecule is C[N+]1(CC2CCC(C[N+]3(C)CCCC3)CC2)CCCC1.[OH-].[OH-]. The highest BCUT2D eigenvalue weighted by atomic mass is 16.0. The molecule has 3 rings (SSSR count). The predicted molar refractivity (Wildman–Crippen MR) is 89.4 cm³/mol. The van der Waals surface area contributed by atoms with E-state index in [1.165, 1.54) is 99.6 Å². The minimum absolute atomic E-state index is 0. The summed E-state index contributed by atoms with van der Waals surface area (Å²) < 4.78 is 2.78. The maximum Gasteiger partial charge on any atom is 0.0813 e. The summed E-state index contributed by atoms with van der Waals surface area (Å²) in [6.45, 7) is 8.78. The molecule has 4 nitrogen and oxygen atoms in total. The van der Waals surface area contributed by atoms with Crippen molar-refractivity contribution in [3.63, 3.8) is 0 Å². The molecule has 0 spiro atoms. The van der Waals surface area contributed by atoms with Gasteiger partial charge in [-0.15, -0.1) is 0 Å². The van der Waals surface area contributed by atoms with Crippen LogP contribution in [0.15, 0.2) is 0 Å². The highest BCUT2D eigenvalue weighted by Gasteiger charge is 2.35. The Bertz CT molecular complexity index is 283. The van der Waals surface area contributed by atoms with Crippen molar-refractivity contribution in [2.24, 2.45) is 11.8 Å². The second kappa shape index (κ2) is 8.09. The van der Waals surface area contributed by atoms with Crippen LogP contribution in [0, 0.1) is 11.8 Å². The van der Waals surface area contributed by atoms with Crippen molar-refractivity contribution in [3.8, 4) is 0 Å². The van der Waals surface area contributed by atoms with Gasteiger partial charge in [-0.2, -0.15) is 0 Å². The van der Waals surface area contributed by atoms with Gasteiger partial charge in [-0.3, -0.25) is 0 Å². The van der Waals surface area contributed by atoms with Gasteiger partial charge in [0.15, 0.2) is 0 Å². The van der Waals surface area contributed by atoms with E-state index in [9.17, 15) is 0 Å². The minimum atomic E-state index is 0. The van der Waals surface area contributed by atoms with Crippen LogP contribution in [0.5, 0.6) is 0 Å². The van der Waals surface area contributed by atoms with Crippen molar-refractivity contribution in [1.29, 1.82) is 0 Å². The highest BCUT2D eigenvalue weighted by molar-refractivity contribution is 4.74. The van der Waals surface area contributed by atoms with Gasteiger partial charge in [0, 0.05) is 37.5 Å². The molecule has 3 aliphatic rings. The first-order valence-corrected chi connectivity index (χ1v) is 9.24. The molecule has 2 N–H and O–H groups in total. The summed E-state index contributed by atoms with van der Waals surface area (Å²) in [5.74, 6) is 2.08. The standard InChI is InChI=1S/C18H36N2.2H2O/c1-19(11-3-4-12-19)15-17-7-9-18(10-8-17)16-20(2)13-5-6-14-20;;/h17-18H,3-16H2,1-2H3;2*1H2/q+2;;/p-2. The van der Waals surface area contributed by atoms with Crippen LogP contribution >= 0.6 is 0 Å². The zero-order valence-electron chi connectivity index (χ0n) is 14.8. The second-order valence-electron chi connectivity index (χ2n) is 8.80. The summed E-state index contributed by atoms with van der Waals surface area (Å²) in [5, 5.41) is 0. The Morgan fingerprint density at radius 2 is 0.864 bits per heavy atom. The molecule has 0 bridgehead atoms. The molecular weight excluding hydrogens is 276 g/mol. The van der Waals surface area contributed by atoms with Gasteiger partial charge in [-0.05, 0) is 25.7 Å². The molecule has 0 aromatic rings. The summed E-state index contributed by atoms with van der Waals surface area (Å²) in [6.07, 6.45) is 12.0. The fraction of sp³-hybridized carbons (Fsp3) is 1.00. The molecule has 22 heavy (non-hydrogen) atoms. The number of nitrogens with zero attached hydrogens (tertiary/aromatic N) is 2. The lowest BCUT2D eigenvalue weighted by Crippen LogP contribution is -2.47. The Balaban J connectivity index is 0.00000121. The average molecular weight is 315 g/mol. The number of rotatable bonds is 4. The molecule has 2 saturated heterocycles. The number of hydrogen-bond donors (Lipinski definition) is 0. The Morgan fingerprint density at radius 1 is 0.591 bits per heavy atom. The van der Waals surface area contributed by atoms with Crippen LogP contribution < -0.4 is 0 Å². The normalized spacial score (nSPS) is 33.0. The maximum absolute atomic E-state index is 2.51. The zero-order valence-corrected chi connectivity index (χ0v) is 14.8. The van der Waals surface area contributed by atoms with E-state index in [-0.39, 0.29) is 11.0 Å². The van der Waals surface area contributed by atoms with Gasteiger partial charge in [-0.1, -0.05) is 0 Å². The fourth-order valence-corrected chi connectivity index (χ4v) is 5.41. The third-order valence-corrected chi connectivity index (χ3v) is 6.66. The van der Waals surface area contributed by atoms with Crippen LogP contribution in [0.2, 0.25) is 0 Å². The lowest BCUT2D eigenvalue weighted by Gasteiger charge is -2.39. The molecule has 2 heterocycles. The topological polar surface area (TPSA) is 60.0 Å². The Labute approximate surface area is 137 Å². The van der Waals surface area contributed by atoms with E-state index in [1.807, 2.05) is 0 Å². The van der Waals surface area contributed by atoms with Gasteiger partial charge in [0.2, 0.25) is 0 Å². The van der Waals surface area contributed by atoms with Crippen LogP contribution in [0.1, 0.15) is 51.4 Å². The number of hydrogen-bond acceptors (Lipinski definition) is 2. The van der Waals surface area contributed by atoms with E-state index in [0.717, 1.165) is 11.8 Å². The van der Waals surface area contributed by atoms with Gasteiger partial charge in [0.05, 0.1) is 53.4 Å². The van der Waals surface area contributed by atoms with Crippen LogP contribution in [-0.4, -0.2) is 73.3 Å². The van der Waals surface area contributed by atoms with Gasteiger partial charge >= 0.3 is 0 Å². The first-order valence-electron chi connectivity index (χ1n) is 9.24. The third kappa shape index (κ3) is 4.92. The Kier molecular flexibility index (Phi) is 7.31. The van der Waals surface area contributed by atoms with E-state index in [4.69, 9.17) is 0 Å². The number of likely N-dealkylation sites (tertiary alicyclic amines) is 2. The predicted octanol–water partition coefficient (Wildman–Crippen LogP) is 2.92. The molecule has 1 saturated carbocycles. The van der Waals surface area contributed by atoms with Gasteiger partial charge in [0.1, 0.15) is 0 Å². The Morgan fingerprint density at radius 3 is 1.14 bits per heavy atom. The molecule has 0 unspecified atom stereocenters. The summed E-state index contributed by atoms with van der Waals surface area (Å²) in [4.78, 5) is 0. The lowest BCUT2D eigenvalue weighted by molar-refractivity contribution is -0.902. The van der Waals surface area contributed by atoms with Gasteiger partial charge < -0.3 is 19.9 Å². The largest absolute Gasteiger partial charge is 0.870 e. The fourth-order valence-electron chi connectivity index (χ4n) is 5.41. The van der Waals surface area contributed by atoms with Crippen LogP contribution in [0.4, 0.5) is 0 Å². The van der Waals surface area contributed by atoms with Crippen molar-refractivity contribution in [2.45, 2.75) is 51.4 Å². The van der Waals surface area contributed by atoms with E-state index < -0.39 is 0 Å². The molecule has 3 fully saturated rings. The summed E-state index contributed by atoms with van der Waals surface area (Å²) in [6, 6.07) is 0. The van der Waals surface area contributed by atoms with E-state index in [1.54, 1.807) is 0 Å². The first kappa shape index (κ1) is 19.9. The molecule has 0 aromatic carbocycles. The molecule has 0 aromatic heterocycles. The summed E-state index contributed by atoms with van der Waals surface area (Å²) in [7, 11) is 5.02. The average Bonchev–Trinajstić information content (AvgIpc) is 3.02. The van der Waals surface area contributed by atoms with E-state index in [0.29, 0.717) is 0 Å². The van der Waals surface area contributed by atoms with Gasteiger partial charge in [-0.25, -0.2) is 0 Å². The highest BCUT2D eigenvalue weighted by Crippen LogP contribution is 2.34. The number of quaternary nitrogens is 2. The Hall–Kier alpha value is -0.160. The van der Waals surface area contributed by atoms with E-state index in [2.05, 4.69) is 14.1 Å². The molecule has 0 atom stereocenters. The quantitative estimate of drug-likeness (QED) is 0.749. The van der Waals surface area contributed by atoms with Crippen LogP contribution in [-0.2, 0) is 0 Å². The zero-order chi connectivity index (χ0) is 14.1. The molecule has 2 aliphatic heterocycles. The summed E-state index contributed by atoms with van der Waals surface area (Å²) in [5.41, 5.74) is 0. The van der Waals surface area contributed by atoms with Crippen molar-refractivity contribution >= 4 is 0 Å². The van der Waals surface area contributed by atoms with Crippen molar-refractivity contribution in [2.75, 3.05) is 53.4 Å². The van der Waals surface area contributed by atoms with Gasteiger partial charge in [0.25, 0.3) is 0 Å². The first-order chi connectivity index (χ1) is 9.57. The van der Waals surface area contributed by atoms with Crippen molar-refractivity contribution in [1.82, 2.24) is 0 Å². The molecule has 1 aliphatic carbocycles. The molecule has 0 radical (unpaired) electrons. The third-order valence-electron chi connectivity index (χ3n) is 6.66. The van der Waals surface area contributed by atoms with Crippen molar-refractivity contribution < 1.29 is 19.9 Å². The molecule has 0 amide bonds. The smallest absolute Gasteiger partial charge is 0.0813 e.